The highest BCUT2D eigenvalue weighted by molar-refractivity contribution is 5.44. The Labute approximate surface area is 109 Å². The smallest absolute Gasteiger partial charge is 0.160 e. The Morgan fingerprint density at radius 1 is 1.11 bits per heavy atom. The molecule has 0 bridgehead atoms. The first kappa shape index (κ1) is 13.2. The first-order valence-electron chi connectivity index (χ1n) is 6.63. The number of ether oxygens (including phenoxy) is 2. The molecule has 3 unspecified atom stereocenters. The highest BCUT2D eigenvalue weighted by atomic mass is 16.5. The van der Waals surface area contributed by atoms with Crippen LogP contribution in [0.3, 0.4) is 0 Å². The lowest BCUT2D eigenvalue weighted by atomic mass is 9.76. The maximum Gasteiger partial charge on any atom is 0.160 e. The standard InChI is InChI=1S/C15H23NO2/c1-10-4-6-13(16)12(8-10)11-5-7-14(17-2)15(9-11)18-3/h5,7,9-10,12-13H,4,6,8,16H2,1-3H3. The lowest BCUT2D eigenvalue weighted by molar-refractivity contribution is 0.304. The minimum Gasteiger partial charge on any atom is -0.493 e. The third-order valence-corrected chi connectivity index (χ3v) is 4.00. The van der Waals surface area contributed by atoms with Gasteiger partial charge in [-0.3, -0.25) is 0 Å². The number of hydrogen-bond acceptors (Lipinski definition) is 3. The molecule has 1 aliphatic rings. The van der Waals surface area contributed by atoms with Crippen molar-refractivity contribution in [2.75, 3.05) is 14.2 Å². The average Bonchev–Trinajstić information content (AvgIpc) is 2.40. The molecule has 3 atom stereocenters. The normalized spacial score (nSPS) is 27.9. The molecule has 0 heterocycles. The molecule has 1 aromatic rings. The summed E-state index contributed by atoms with van der Waals surface area (Å²) in [5.41, 5.74) is 7.53. The van der Waals surface area contributed by atoms with E-state index in [2.05, 4.69) is 19.1 Å². The molecule has 0 saturated heterocycles. The van der Waals surface area contributed by atoms with E-state index in [9.17, 15) is 0 Å². The first-order valence-corrected chi connectivity index (χ1v) is 6.63. The maximum absolute atomic E-state index is 6.26. The summed E-state index contributed by atoms with van der Waals surface area (Å²) >= 11 is 0. The first-order chi connectivity index (χ1) is 8.65. The number of hydrogen-bond donors (Lipinski definition) is 1. The van der Waals surface area contributed by atoms with E-state index in [0.717, 1.165) is 30.3 Å². The van der Waals surface area contributed by atoms with E-state index in [0.29, 0.717) is 5.92 Å². The van der Waals surface area contributed by atoms with Crippen LogP contribution < -0.4 is 15.2 Å². The number of nitrogens with two attached hydrogens (primary N) is 1. The zero-order valence-electron chi connectivity index (χ0n) is 11.5. The molecule has 2 rings (SSSR count). The summed E-state index contributed by atoms with van der Waals surface area (Å²) in [7, 11) is 3.33. The van der Waals surface area contributed by atoms with Crippen LogP contribution in [0.25, 0.3) is 0 Å². The summed E-state index contributed by atoms with van der Waals surface area (Å²) in [6, 6.07) is 6.42. The Kier molecular flexibility index (Phi) is 4.12. The van der Waals surface area contributed by atoms with Crippen molar-refractivity contribution in [1.82, 2.24) is 0 Å². The fraction of sp³-hybridized carbons (Fsp3) is 0.600. The van der Waals surface area contributed by atoms with Gasteiger partial charge in [0.1, 0.15) is 0 Å². The van der Waals surface area contributed by atoms with Crippen LogP contribution in [-0.4, -0.2) is 20.3 Å². The quantitative estimate of drug-likeness (QED) is 0.895. The second-order valence-electron chi connectivity index (χ2n) is 5.30. The monoisotopic (exact) mass is 249 g/mol. The van der Waals surface area contributed by atoms with Gasteiger partial charge in [-0.25, -0.2) is 0 Å². The fourth-order valence-corrected chi connectivity index (χ4v) is 2.87. The minimum atomic E-state index is 0.263. The molecule has 0 radical (unpaired) electrons. The zero-order valence-corrected chi connectivity index (χ0v) is 11.5. The highest BCUT2D eigenvalue weighted by Gasteiger charge is 2.27. The SMILES string of the molecule is COc1ccc(C2CC(C)CCC2N)cc1OC. The summed E-state index contributed by atoms with van der Waals surface area (Å²) in [5.74, 6) is 2.76. The molecule has 3 heteroatoms. The lowest BCUT2D eigenvalue weighted by Gasteiger charge is -2.33. The van der Waals surface area contributed by atoms with Gasteiger partial charge in [0.15, 0.2) is 11.5 Å². The van der Waals surface area contributed by atoms with Gasteiger partial charge in [-0.05, 0) is 48.8 Å². The van der Waals surface area contributed by atoms with E-state index in [4.69, 9.17) is 15.2 Å². The molecule has 1 saturated carbocycles. The van der Waals surface area contributed by atoms with Crippen LogP contribution in [0.4, 0.5) is 0 Å². The number of rotatable bonds is 3. The predicted octanol–water partition coefficient (Wildman–Crippen LogP) is 2.93. The summed E-state index contributed by atoms with van der Waals surface area (Å²) in [5, 5.41) is 0. The second kappa shape index (κ2) is 5.61. The van der Waals surface area contributed by atoms with Gasteiger partial charge in [-0.2, -0.15) is 0 Å². The molecule has 1 aromatic carbocycles. The van der Waals surface area contributed by atoms with Crippen LogP contribution in [-0.2, 0) is 0 Å². The molecule has 0 aliphatic heterocycles. The number of benzene rings is 1. The van der Waals surface area contributed by atoms with Crippen LogP contribution in [0.5, 0.6) is 11.5 Å². The van der Waals surface area contributed by atoms with Gasteiger partial charge in [-0.15, -0.1) is 0 Å². The fourth-order valence-electron chi connectivity index (χ4n) is 2.87. The third kappa shape index (κ3) is 2.61. The molecule has 0 spiro atoms. The molecular weight excluding hydrogens is 226 g/mol. The van der Waals surface area contributed by atoms with E-state index in [1.165, 1.54) is 12.0 Å². The summed E-state index contributed by atoms with van der Waals surface area (Å²) in [6.45, 7) is 2.31. The van der Waals surface area contributed by atoms with Crippen LogP contribution in [0.2, 0.25) is 0 Å². The molecule has 100 valence electrons. The van der Waals surface area contributed by atoms with E-state index < -0.39 is 0 Å². The maximum atomic E-state index is 6.26. The van der Waals surface area contributed by atoms with Gasteiger partial charge in [0, 0.05) is 6.04 Å². The zero-order chi connectivity index (χ0) is 13.1. The Bertz CT molecular complexity index is 405. The average molecular weight is 249 g/mol. The number of methoxy groups -OCH3 is 2. The highest BCUT2D eigenvalue weighted by Crippen LogP contribution is 2.38. The van der Waals surface area contributed by atoms with Gasteiger partial charge in [0.05, 0.1) is 14.2 Å². The topological polar surface area (TPSA) is 44.5 Å². The van der Waals surface area contributed by atoms with Crippen molar-refractivity contribution >= 4 is 0 Å². The summed E-state index contributed by atoms with van der Waals surface area (Å²) < 4.78 is 10.6. The third-order valence-electron chi connectivity index (χ3n) is 4.00. The van der Waals surface area contributed by atoms with Crippen molar-refractivity contribution in [3.8, 4) is 11.5 Å². The molecule has 18 heavy (non-hydrogen) atoms. The van der Waals surface area contributed by atoms with E-state index >= 15 is 0 Å². The van der Waals surface area contributed by atoms with Crippen molar-refractivity contribution in [2.24, 2.45) is 11.7 Å². The van der Waals surface area contributed by atoms with Crippen LogP contribution >= 0.6 is 0 Å². The molecular formula is C15H23NO2. The van der Waals surface area contributed by atoms with Gasteiger partial charge in [0.25, 0.3) is 0 Å². The molecule has 2 N–H and O–H groups in total. The minimum absolute atomic E-state index is 0.263. The predicted molar refractivity (Wildman–Crippen MR) is 73.3 cm³/mol. The van der Waals surface area contributed by atoms with Crippen molar-refractivity contribution < 1.29 is 9.47 Å². The molecule has 1 aliphatic carbocycles. The van der Waals surface area contributed by atoms with Crippen LogP contribution in [0.1, 0.15) is 37.7 Å². The van der Waals surface area contributed by atoms with E-state index in [-0.39, 0.29) is 6.04 Å². The van der Waals surface area contributed by atoms with Crippen LogP contribution in [0, 0.1) is 5.92 Å². The van der Waals surface area contributed by atoms with Crippen molar-refractivity contribution in [3.63, 3.8) is 0 Å². The van der Waals surface area contributed by atoms with Crippen LogP contribution in [0.15, 0.2) is 18.2 Å². The largest absolute Gasteiger partial charge is 0.493 e. The summed E-state index contributed by atoms with van der Waals surface area (Å²) in [6.07, 6.45) is 3.52. The van der Waals surface area contributed by atoms with Crippen molar-refractivity contribution in [3.05, 3.63) is 23.8 Å². The molecule has 0 aromatic heterocycles. The Morgan fingerprint density at radius 3 is 2.50 bits per heavy atom. The molecule has 0 amide bonds. The van der Waals surface area contributed by atoms with Gasteiger partial charge >= 0.3 is 0 Å². The molecule has 3 nitrogen and oxygen atoms in total. The van der Waals surface area contributed by atoms with Crippen molar-refractivity contribution in [1.29, 1.82) is 0 Å². The Morgan fingerprint density at radius 2 is 1.83 bits per heavy atom. The summed E-state index contributed by atoms with van der Waals surface area (Å²) in [4.78, 5) is 0. The van der Waals surface area contributed by atoms with E-state index in [1.54, 1.807) is 14.2 Å². The van der Waals surface area contributed by atoms with E-state index in [1.807, 2.05) is 6.07 Å². The Balaban J connectivity index is 2.26. The molecule has 1 fully saturated rings. The lowest BCUT2D eigenvalue weighted by Crippen LogP contribution is -2.33. The Hall–Kier alpha value is -1.22. The second-order valence-corrected chi connectivity index (χ2v) is 5.30. The van der Waals surface area contributed by atoms with Gasteiger partial charge in [-0.1, -0.05) is 13.0 Å². The van der Waals surface area contributed by atoms with Crippen molar-refractivity contribution in [2.45, 2.75) is 38.1 Å². The van der Waals surface area contributed by atoms with Gasteiger partial charge < -0.3 is 15.2 Å². The van der Waals surface area contributed by atoms with Gasteiger partial charge in [0.2, 0.25) is 0 Å².